The first-order valence-electron chi connectivity index (χ1n) is 7.14. The van der Waals surface area contributed by atoms with Crippen molar-refractivity contribution in [1.29, 1.82) is 0 Å². The van der Waals surface area contributed by atoms with Gasteiger partial charge in [-0.25, -0.2) is 13.4 Å². The average molecular weight is 311 g/mol. The minimum atomic E-state index is -3.65. The first kappa shape index (κ1) is 15.9. The van der Waals surface area contributed by atoms with Gasteiger partial charge in [0.25, 0.3) is 10.0 Å². The van der Waals surface area contributed by atoms with Gasteiger partial charge in [-0.1, -0.05) is 13.0 Å². The average Bonchev–Trinajstić information content (AvgIpc) is 2.98. The molecule has 0 unspecified atom stereocenters. The number of nitrogens with two attached hydrogens (primary N) is 1. The molecule has 1 fully saturated rings. The van der Waals surface area contributed by atoms with Crippen molar-refractivity contribution in [2.24, 2.45) is 5.73 Å². The van der Waals surface area contributed by atoms with Gasteiger partial charge in [-0.05, 0) is 37.5 Å². The lowest BCUT2D eigenvalue weighted by Gasteiger charge is -2.30. The predicted molar refractivity (Wildman–Crippen MR) is 79.9 cm³/mol. The van der Waals surface area contributed by atoms with Gasteiger partial charge < -0.3 is 5.73 Å². The Kier molecular flexibility index (Phi) is 4.97. The number of primary amides is 1. The second-order valence-electron chi connectivity index (χ2n) is 5.10. The van der Waals surface area contributed by atoms with Crippen LogP contribution in [0, 0.1) is 0 Å². The molecule has 2 N–H and O–H groups in total. The third-order valence-corrected chi connectivity index (χ3v) is 5.32. The Morgan fingerprint density at radius 2 is 2.00 bits per heavy atom. The first-order chi connectivity index (χ1) is 9.96. The molecule has 6 nitrogen and oxygen atoms in total. The monoisotopic (exact) mass is 311 g/mol. The van der Waals surface area contributed by atoms with Crippen LogP contribution in [0.2, 0.25) is 0 Å². The molecule has 1 aliphatic heterocycles. The summed E-state index contributed by atoms with van der Waals surface area (Å²) in [4.78, 5) is 11.3. The van der Waals surface area contributed by atoms with E-state index in [1.165, 1.54) is 22.6 Å². The summed E-state index contributed by atoms with van der Waals surface area (Å²) in [6.07, 6.45) is 2.72. The maximum absolute atomic E-state index is 12.8. The molecule has 116 valence electrons. The summed E-state index contributed by atoms with van der Waals surface area (Å²) >= 11 is 0. The van der Waals surface area contributed by atoms with Crippen LogP contribution in [0.3, 0.4) is 0 Å². The maximum Gasteiger partial charge on any atom is 0.256 e. The minimum Gasteiger partial charge on any atom is -0.366 e. The molecule has 0 aliphatic carbocycles. The van der Waals surface area contributed by atoms with Gasteiger partial charge >= 0.3 is 0 Å². The Balaban J connectivity index is 2.37. The number of rotatable bonds is 6. The fraction of sp³-hybridized carbons (Fsp3) is 0.500. The quantitative estimate of drug-likeness (QED) is 0.855. The molecule has 0 spiro atoms. The summed E-state index contributed by atoms with van der Waals surface area (Å²) in [6.45, 7) is 3.87. The van der Waals surface area contributed by atoms with Gasteiger partial charge in [-0.3, -0.25) is 4.79 Å². The highest BCUT2D eigenvalue weighted by atomic mass is 32.2. The van der Waals surface area contributed by atoms with Crippen LogP contribution in [0.5, 0.6) is 0 Å². The number of hydrogen-bond donors (Lipinski definition) is 1. The van der Waals surface area contributed by atoms with Gasteiger partial charge in [-0.2, -0.15) is 0 Å². The Morgan fingerprint density at radius 1 is 1.33 bits per heavy atom. The molecule has 7 heteroatoms. The van der Waals surface area contributed by atoms with Crippen molar-refractivity contribution in [1.82, 2.24) is 9.42 Å². The fourth-order valence-electron chi connectivity index (χ4n) is 2.46. The third-order valence-electron chi connectivity index (χ3n) is 3.51. The molecule has 2 rings (SSSR count). The van der Waals surface area contributed by atoms with E-state index in [9.17, 15) is 13.2 Å². The van der Waals surface area contributed by atoms with Crippen molar-refractivity contribution < 1.29 is 13.2 Å². The summed E-state index contributed by atoms with van der Waals surface area (Å²) < 4.78 is 27.1. The smallest absolute Gasteiger partial charge is 0.256 e. The molecule has 0 atom stereocenters. The molecule has 0 aromatic heterocycles. The second kappa shape index (κ2) is 6.55. The van der Waals surface area contributed by atoms with Crippen LogP contribution in [0.25, 0.3) is 0 Å². The number of amides is 1. The lowest BCUT2D eigenvalue weighted by Crippen LogP contribution is -2.45. The molecule has 1 saturated heterocycles. The number of sulfonamides is 1. The Morgan fingerprint density at radius 3 is 2.57 bits per heavy atom. The van der Waals surface area contributed by atoms with Crippen LogP contribution in [0.4, 0.5) is 0 Å². The van der Waals surface area contributed by atoms with Gasteiger partial charge in [0.15, 0.2) is 0 Å². The lowest BCUT2D eigenvalue weighted by molar-refractivity contribution is 0.0894. The maximum atomic E-state index is 12.8. The Labute approximate surface area is 125 Å². The summed E-state index contributed by atoms with van der Waals surface area (Å²) in [5, 5.41) is 1.87. The van der Waals surface area contributed by atoms with E-state index in [1.807, 2.05) is 11.9 Å². The summed E-state index contributed by atoms with van der Waals surface area (Å²) in [6, 6.07) is 5.90. The molecule has 1 heterocycles. The third kappa shape index (κ3) is 3.42. The largest absolute Gasteiger partial charge is 0.366 e. The number of carbonyl (C=O) groups is 1. The molecule has 1 aromatic carbocycles. The molecule has 0 radical (unpaired) electrons. The number of hydrazine groups is 1. The van der Waals surface area contributed by atoms with E-state index >= 15 is 0 Å². The second-order valence-corrected chi connectivity index (χ2v) is 6.95. The Bertz CT molecular complexity index is 610. The van der Waals surface area contributed by atoms with Crippen LogP contribution in [0.15, 0.2) is 29.2 Å². The first-order valence-corrected chi connectivity index (χ1v) is 8.58. The van der Waals surface area contributed by atoms with Gasteiger partial charge in [0.2, 0.25) is 5.91 Å². The van der Waals surface area contributed by atoms with Gasteiger partial charge in [0, 0.05) is 25.2 Å². The van der Waals surface area contributed by atoms with Gasteiger partial charge in [0.05, 0.1) is 4.90 Å². The van der Waals surface area contributed by atoms with Crippen LogP contribution in [0.1, 0.15) is 36.5 Å². The van der Waals surface area contributed by atoms with Gasteiger partial charge in [0.1, 0.15) is 0 Å². The van der Waals surface area contributed by atoms with E-state index in [0.29, 0.717) is 6.54 Å². The molecule has 0 saturated carbocycles. The van der Waals surface area contributed by atoms with Crippen molar-refractivity contribution >= 4 is 15.9 Å². The highest BCUT2D eigenvalue weighted by Crippen LogP contribution is 2.22. The van der Waals surface area contributed by atoms with Crippen LogP contribution < -0.4 is 5.73 Å². The van der Waals surface area contributed by atoms with Gasteiger partial charge in [-0.15, -0.1) is 4.41 Å². The zero-order valence-electron chi connectivity index (χ0n) is 12.2. The molecular formula is C14H21N3O3S. The number of hydrogen-bond acceptors (Lipinski definition) is 4. The van der Waals surface area contributed by atoms with E-state index in [1.54, 1.807) is 6.07 Å². The fourth-order valence-corrected chi connectivity index (χ4v) is 4.12. The highest BCUT2D eigenvalue weighted by molar-refractivity contribution is 7.89. The number of nitrogens with zero attached hydrogens (tertiary/aromatic N) is 2. The summed E-state index contributed by atoms with van der Waals surface area (Å²) in [7, 11) is -3.65. The summed E-state index contributed by atoms with van der Waals surface area (Å²) in [5.41, 5.74) is 5.43. The predicted octanol–water partition coefficient (Wildman–Crippen LogP) is 1.20. The minimum absolute atomic E-state index is 0.110. The lowest BCUT2D eigenvalue weighted by atomic mass is 10.2. The van der Waals surface area contributed by atoms with E-state index in [0.717, 1.165) is 32.4 Å². The van der Waals surface area contributed by atoms with Crippen molar-refractivity contribution in [3.8, 4) is 0 Å². The number of carbonyl (C=O) groups excluding carboxylic acids is 1. The SMILES string of the molecule is CCCN(N1CCCC1)S(=O)(=O)c1cccc(C(N)=O)c1. The molecule has 1 aliphatic rings. The Hall–Kier alpha value is -1.44. The van der Waals surface area contributed by atoms with Crippen molar-refractivity contribution in [3.63, 3.8) is 0 Å². The van der Waals surface area contributed by atoms with Crippen molar-refractivity contribution in [3.05, 3.63) is 29.8 Å². The van der Waals surface area contributed by atoms with Crippen LogP contribution >= 0.6 is 0 Å². The van der Waals surface area contributed by atoms with Crippen LogP contribution in [-0.2, 0) is 10.0 Å². The standard InChI is InChI=1S/C14H21N3O3S/c1-2-8-17(16-9-3-4-10-16)21(19,20)13-7-5-6-12(11-13)14(15)18/h5-7,11H,2-4,8-10H2,1H3,(H2,15,18). The summed E-state index contributed by atoms with van der Waals surface area (Å²) in [5.74, 6) is -0.629. The van der Waals surface area contributed by atoms with Crippen molar-refractivity contribution in [2.75, 3.05) is 19.6 Å². The molecule has 1 aromatic rings. The highest BCUT2D eigenvalue weighted by Gasteiger charge is 2.31. The topological polar surface area (TPSA) is 83.7 Å². The molecular weight excluding hydrogens is 290 g/mol. The van der Waals surface area contributed by atoms with E-state index in [-0.39, 0.29) is 10.5 Å². The van der Waals surface area contributed by atoms with E-state index in [2.05, 4.69) is 0 Å². The zero-order chi connectivity index (χ0) is 15.5. The molecule has 21 heavy (non-hydrogen) atoms. The van der Waals surface area contributed by atoms with Crippen molar-refractivity contribution in [2.45, 2.75) is 31.1 Å². The van der Waals surface area contributed by atoms with E-state index in [4.69, 9.17) is 5.73 Å². The van der Waals surface area contributed by atoms with Crippen LogP contribution in [-0.4, -0.2) is 43.4 Å². The zero-order valence-corrected chi connectivity index (χ0v) is 13.0. The van der Waals surface area contributed by atoms with E-state index < -0.39 is 15.9 Å². The molecule has 1 amide bonds. The molecule has 0 bridgehead atoms. The normalized spacial score (nSPS) is 16.5. The number of benzene rings is 1.